The van der Waals surface area contributed by atoms with Crippen LogP contribution in [0.4, 0.5) is 17.5 Å². The van der Waals surface area contributed by atoms with Crippen molar-refractivity contribution in [1.82, 2.24) is 14.9 Å². The fraction of sp³-hybridized carbons (Fsp3) is 0.300. The van der Waals surface area contributed by atoms with Crippen LogP contribution >= 0.6 is 12.4 Å². The number of halogens is 1. The van der Waals surface area contributed by atoms with E-state index in [-0.39, 0.29) is 12.4 Å². The number of methoxy groups -OCH3 is 1. The van der Waals surface area contributed by atoms with Crippen molar-refractivity contribution in [3.63, 3.8) is 0 Å². The van der Waals surface area contributed by atoms with Gasteiger partial charge in [0.2, 0.25) is 5.95 Å². The van der Waals surface area contributed by atoms with E-state index in [2.05, 4.69) is 28.2 Å². The summed E-state index contributed by atoms with van der Waals surface area (Å²) < 4.78 is 5.21. The summed E-state index contributed by atoms with van der Waals surface area (Å²) in [4.78, 5) is 14.2. The number of piperazine rings is 1. The van der Waals surface area contributed by atoms with Gasteiger partial charge in [0.25, 0.3) is 0 Å². The highest BCUT2D eigenvalue weighted by molar-refractivity contribution is 5.90. The minimum atomic E-state index is 0. The molecule has 0 spiro atoms. The fourth-order valence-corrected chi connectivity index (χ4v) is 3.18. The fourth-order valence-electron chi connectivity index (χ4n) is 3.18. The van der Waals surface area contributed by atoms with Crippen molar-refractivity contribution in [2.24, 2.45) is 0 Å². The van der Waals surface area contributed by atoms with E-state index in [9.17, 15) is 0 Å². The third-order valence-corrected chi connectivity index (χ3v) is 4.73. The van der Waals surface area contributed by atoms with Gasteiger partial charge in [-0.3, -0.25) is 0 Å². The lowest BCUT2D eigenvalue weighted by atomic mass is 10.2. The molecular weight excluding hydrogens is 362 g/mol. The molecule has 7 heteroatoms. The van der Waals surface area contributed by atoms with Crippen molar-refractivity contribution in [3.8, 4) is 5.75 Å². The lowest BCUT2D eigenvalue weighted by Crippen LogP contribution is -2.45. The molecule has 142 valence electrons. The summed E-state index contributed by atoms with van der Waals surface area (Å²) in [5.41, 5.74) is 1.89. The molecule has 2 heterocycles. The summed E-state index contributed by atoms with van der Waals surface area (Å²) in [6, 6.07) is 16.0. The third kappa shape index (κ3) is 4.23. The molecule has 0 saturated carbocycles. The van der Waals surface area contributed by atoms with Crippen LogP contribution in [-0.4, -0.2) is 55.2 Å². The summed E-state index contributed by atoms with van der Waals surface area (Å²) in [5, 5.41) is 4.42. The van der Waals surface area contributed by atoms with Crippen LogP contribution < -0.4 is 15.0 Å². The van der Waals surface area contributed by atoms with Gasteiger partial charge in [-0.25, -0.2) is 4.98 Å². The van der Waals surface area contributed by atoms with Crippen LogP contribution in [0.5, 0.6) is 5.75 Å². The van der Waals surface area contributed by atoms with Gasteiger partial charge in [-0.2, -0.15) is 4.98 Å². The lowest BCUT2D eigenvalue weighted by Gasteiger charge is -2.33. The summed E-state index contributed by atoms with van der Waals surface area (Å²) >= 11 is 0. The maximum Gasteiger partial charge on any atom is 0.229 e. The summed E-state index contributed by atoms with van der Waals surface area (Å²) in [6.07, 6.45) is 0. The van der Waals surface area contributed by atoms with Crippen molar-refractivity contribution < 1.29 is 4.74 Å². The van der Waals surface area contributed by atoms with Crippen molar-refractivity contribution in [3.05, 3.63) is 48.5 Å². The minimum absolute atomic E-state index is 0. The Bertz CT molecular complexity index is 895. The quantitative estimate of drug-likeness (QED) is 0.741. The van der Waals surface area contributed by atoms with E-state index in [1.807, 2.05) is 42.5 Å². The molecule has 0 amide bonds. The molecule has 1 aliphatic heterocycles. The Morgan fingerprint density at radius 2 is 1.63 bits per heavy atom. The van der Waals surface area contributed by atoms with Crippen molar-refractivity contribution in [1.29, 1.82) is 0 Å². The van der Waals surface area contributed by atoms with E-state index in [1.165, 1.54) is 0 Å². The summed E-state index contributed by atoms with van der Waals surface area (Å²) in [5.74, 6) is 2.44. The van der Waals surface area contributed by atoms with Gasteiger partial charge in [0.1, 0.15) is 11.6 Å². The smallest absolute Gasteiger partial charge is 0.229 e. The molecule has 4 rings (SSSR count). The van der Waals surface area contributed by atoms with Crippen LogP contribution in [0.1, 0.15) is 0 Å². The molecule has 1 aliphatic rings. The second kappa shape index (κ2) is 8.41. The van der Waals surface area contributed by atoms with E-state index < -0.39 is 0 Å². The molecule has 1 aromatic heterocycles. The van der Waals surface area contributed by atoms with Gasteiger partial charge in [-0.1, -0.05) is 12.1 Å². The van der Waals surface area contributed by atoms with Gasteiger partial charge in [-0.15, -0.1) is 12.4 Å². The Morgan fingerprint density at radius 3 is 2.33 bits per heavy atom. The predicted octanol–water partition coefficient (Wildman–Crippen LogP) is 3.56. The number of ether oxygens (including phenoxy) is 1. The first kappa shape index (κ1) is 19.2. The van der Waals surface area contributed by atoms with Gasteiger partial charge >= 0.3 is 0 Å². The second-order valence-electron chi connectivity index (χ2n) is 6.53. The lowest BCUT2D eigenvalue weighted by molar-refractivity contribution is 0.312. The number of nitrogens with one attached hydrogen (secondary N) is 1. The molecule has 0 unspecified atom stereocenters. The van der Waals surface area contributed by atoms with E-state index in [0.717, 1.165) is 54.3 Å². The highest BCUT2D eigenvalue weighted by atomic mass is 35.5. The van der Waals surface area contributed by atoms with Crippen molar-refractivity contribution in [2.75, 3.05) is 50.6 Å². The number of fused-ring (bicyclic) bond motifs is 1. The zero-order valence-electron chi connectivity index (χ0n) is 15.6. The number of aromatic nitrogens is 2. The van der Waals surface area contributed by atoms with Gasteiger partial charge < -0.3 is 19.9 Å². The normalized spacial score (nSPS) is 14.7. The Labute approximate surface area is 165 Å². The Kier molecular flexibility index (Phi) is 5.98. The van der Waals surface area contributed by atoms with Gasteiger partial charge in [0, 0.05) is 37.3 Å². The van der Waals surface area contributed by atoms with E-state index in [4.69, 9.17) is 14.7 Å². The molecule has 0 bridgehead atoms. The second-order valence-corrected chi connectivity index (χ2v) is 6.53. The van der Waals surface area contributed by atoms with Crippen molar-refractivity contribution >= 4 is 40.8 Å². The SMILES string of the molecule is COc1ccc(Nc2nc(N3CCN(C)CC3)c3ccccc3n2)cc1.Cl. The molecule has 27 heavy (non-hydrogen) atoms. The first-order valence-corrected chi connectivity index (χ1v) is 8.84. The van der Waals surface area contributed by atoms with Crippen LogP contribution in [-0.2, 0) is 0 Å². The van der Waals surface area contributed by atoms with Crippen LogP contribution in [0.25, 0.3) is 10.9 Å². The highest BCUT2D eigenvalue weighted by Crippen LogP contribution is 2.27. The number of para-hydroxylation sites is 1. The summed E-state index contributed by atoms with van der Waals surface area (Å²) in [7, 11) is 3.82. The molecular formula is C20H24ClN5O. The van der Waals surface area contributed by atoms with Gasteiger partial charge in [0.05, 0.1) is 12.6 Å². The average molecular weight is 386 g/mol. The van der Waals surface area contributed by atoms with Crippen LogP contribution in [0.3, 0.4) is 0 Å². The number of nitrogens with zero attached hydrogens (tertiary/aromatic N) is 4. The maximum absolute atomic E-state index is 5.21. The average Bonchev–Trinajstić information content (AvgIpc) is 2.69. The topological polar surface area (TPSA) is 53.5 Å². The molecule has 1 N–H and O–H groups in total. The van der Waals surface area contributed by atoms with E-state index >= 15 is 0 Å². The first-order chi connectivity index (χ1) is 12.7. The zero-order chi connectivity index (χ0) is 17.9. The van der Waals surface area contributed by atoms with Crippen LogP contribution in [0.15, 0.2) is 48.5 Å². The maximum atomic E-state index is 5.21. The van der Waals surface area contributed by atoms with E-state index in [1.54, 1.807) is 7.11 Å². The van der Waals surface area contributed by atoms with Crippen LogP contribution in [0, 0.1) is 0 Å². The first-order valence-electron chi connectivity index (χ1n) is 8.84. The number of rotatable bonds is 4. The summed E-state index contributed by atoms with van der Waals surface area (Å²) in [6.45, 7) is 4.03. The number of benzene rings is 2. The molecule has 1 saturated heterocycles. The van der Waals surface area contributed by atoms with Gasteiger partial charge in [-0.05, 0) is 43.4 Å². The van der Waals surface area contributed by atoms with E-state index in [0.29, 0.717) is 5.95 Å². The number of anilines is 3. The predicted molar refractivity (Wildman–Crippen MR) is 113 cm³/mol. The van der Waals surface area contributed by atoms with Gasteiger partial charge in [0.15, 0.2) is 0 Å². The monoisotopic (exact) mass is 385 g/mol. The Hall–Kier alpha value is -2.57. The van der Waals surface area contributed by atoms with Crippen LogP contribution in [0.2, 0.25) is 0 Å². The molecule has 0 aliphatic carbocycles. The molecule has 3 aromatic rings. The highest BCUT2D eigenvalue weighted by Gasteiger charge is 2.19. The molecule has 2 aromatic carbocycles. The largest absolute Gasteiger partial charge is 0.497 e. The zero-order valence-corrected chi connectivity index (χ0v) is 16.4. The molecule has 0 atom stereocenters. The number of likely N-dealkylation sites (N-methyl/N-ethyl adjacent to an activating group) is 1. The third-order valence-electron chi connectivity index (χ3n) is 4.73. The van der Waals surface area contributed by atoms with Crippen molar-refractivity contribution in [2.45, 2.75) is 0 Å². The molecule has 1 fully saturated rings. The Balaban J connectivity index is 0.00000210. The molecule has 6 nitrogen and oxygen atoms in total. The standard InChI is InChI=1S/C20H23N5O.ClH/c1-24-11-13-25(14-12-24)19-17-5-3-4-6-18(17)22-20(23-19)21-15-7-9-16(26-2)10-8-15;/h3-10H,11-14H2,1-2H3,(H,21,22,23);1H. The molecule has 0 radical (unpaired) electrons. The number of hydrogen-bond acceptors (Lipinski definition) is 6. The Morgan fingerprint density at radius 1 is 0.926 bits per heavy atom. The minimum Gasteiger partial charge on any atom is -0.497 e. The number of hydrogen-bond donors (Lipinski definition) is 1.